The van der Waals surface area contributed by atoms with E-state index in [0.29, 0.717) is 0 Å². The number of furan rings is 1. The molecule has 0 bridgehead atoms. The summed E-state index contributed by atoms with van der Waals surface area (Å²) in [5.74, 6) is 0. The second kappa shape index (κ2) is 5.62. The molecule has 8 rings (SSSR count). The van der Waals surface area contributed by atoms with E-state index in [1.165, 1.54) is 38.2 Å². The predicted octanol–water partition coefficient (Wildman–Crippen LogP) is 7.19. The Hall–Kier alpha value is -4.44. The SMILES string of the molecule is c1ccc2c(c1)oc1ccc(-c3cc4c5ccncc5n5c6cnccc6c(c3)c45)cc12. The fourth-order valence-electron chi connectivity index (χ4n) is 5.31. The molecule has 0 amide bonds. The Morgan fingerprint density at radius 3 is 1.97 bits per heavy atom. The highest BCUT2D eigenvalue weighted by Gasteiger charge is 2.19. The van der Waals surface area contributed by atoms with Crippen LogP contribution in [-0.2, 0) is 0 Å². The van der Waals surface area contributed by atoms with Crippen LogP contribution < -0.4 is 0 Å². The molecule has 0 saturated heterocycles. The van der Waals surface area contributed by atoms with Gasteiger partial charge in [-0.1, -0.05) is 24.3 Å². The van der Waals surface area contributed by atoms with Crippen LogP contribution in [0.3, 0.4) is 0 Å². The molecular formula is C28H15N3O. The first kappa shape index (κ1) is 16.3. The number of benzene rings is 3. The minimum absolute atomic E-state index is 0.916. The average Bonchev–Trinajstić information content (AvgIpc) is 3.50. The number of rotatable bonds is 1. The van der Waals surface area contributed by atoms with Crippen molar-refractivity contribution in [1.29, 1.82) is 0 Å². The highest BCUT2D eigenvalue weighted by molar-refractivity contribution is 6.24. The van der Waals surface area contributed by atoms with Crippen molar-refractivity contribution in [2.75, 3.05) is 0 Å². The summed E-state index contributed by atoms with van der Waals surface area (Å²) in [4.78, 5) is 8.80. The van der Waals surface area contributed by atoms with Crippen molar-refractivity contribution in [2.45, 2.75) is 0 Å². The van der Waals surface area contributed by atoms with Gasteiger partial charge in [0.1, 0.15) is 11.2 Å². The zero-order valence-corrected chi connectivity index (χ0v) is 16.9. The van der Waals surface area contributed by atoms with Crippen molar-refractivity contribution >= 4 is 60.0 Å². The maximum absolute atomic E-state index is 6.04. The van der Waals surface area contributed by atoms with E-state index in [1.54, 1.807) is 0 Å². The quantitative estimate of drug-likeness (QED) is 0.288. The predicted molar refractivity (Wildman–Crippen MR) is 129 cm³/mol. The first-order valence-electron chi connectivity index (χ1n) is 10.7. The third kappa shape index (κ3) is 1.92. The first-order valence-corrected chi connectivity index (χ1v) is 10.7. The minimum atomic E-state index is 0.916. The number of hydrogen-bond donors (Lipinski definition) is 0. The summed E-state index contributed by atoms with van der Waals surface area (Å²) in [5, 5.41) is 7.19. The number of hydrogen-bond acceptors (Lipinski definition) is 3. The normalized spacial score (nSPS) is 12.4. The molecule has 8 aromatic rings. The Morgan fingerprint density at radius 1 is 0.562 bits per heavy atom. The largest absolute Gasteiger partial charge is 0.456 e. The molecule has 4 heteroatoms. The fraction of sp³-hybridized carbons (Fsp3) is 0. The first-order chi connectivity index (χ1) is 15.9. The van der Waals surface area contributed by atoms with Crippen molar-refractivity contribution in [3.63, 3.8) is 0 Å². The Kier molecular flexibility index (Phi) is 2.86. The molecule has 0 unspecified atom stereocenters. The molecule has 4 nitrogen and oxygen atoms in total. The molecule has 0 radical (unpaired) electrons. The van der Waals surface area contributed by atoms with Crippen LogP contribution in [-0.4, -0.2) is 14.4 Å². The Morgan fingerprint density at radius 2 is 1.22 bits per heavy atom. The standard InChI is InChI=1S/C28H15N3O/c1-2-4-26-20(3-1)21-11-16(5-6-27(21)32-26)17-12-22-18-7-9-29-14-24(18)31-25-15-30-10-8-19(25)23(13-17)28(22)31/h1-15H. The summed E-state index contributed by atoms with van der Waals surface area (Å²) < 4.78 is 8.34. The van der Waals surface area contributed by atoms with Gasteiger partial charge in [-0.05, 0) is 53.6 Å². The molecule has 0 aliphatic carbocycles. The third-order valence-electron chi connectivity index (χ3n) is 6.71. The smallest absolute Gasteiger partial charge is 0.135 e. The van der Waals surface area contributed by atoms with E-state index < -0.39 is 0 Å². The monoisotopic (exact) mass is 409 g/mol. The lowest BCUT2D eigenvalue weighted by atomic mass is 9.98. The highest BCUT2D eigenvalue weighted by Crippen LogP contribution is 2.41. The second-order valence-corrected chi connectivity index (χ2v) is 8.35. The number of pyridine rings is 2. The molecule has 148 valence electrons. The lowest BCUT2D eigenvalue weighted by Gasteiger charge is -2.04. The molecule has 5 heterocycles. The molecule has 0 N–H and O–H groups in total. The lowest BCUT2D eigenvalue weighted by molar-refractivity contribution is 0.669. The van der Waals surface area contributed by atoms with Gasteiger partial charge >= 0.3 is 0 Å². The van der Waals surface area contributed by atoms with E-state index in [2.05, 4.69) is 69.0 Å². The van der Waals surface area contributed by atoms with E-state index in [4.69, 9.17) is 4.42 Å². The van der Waals surface area contributed by atoms with Crippen LogP contribution in [0.15, 0.2) is 95.9 Å². The molecule has 3 aromatic carbocycles. The van der Waals surface area contributed by atoms with Gasteiger partial charge in [0.15, 0.2) is 0 Å². The summed E-state index contributed by atoms with van der Waals surface area (Å²) in [6.45, 7) is 0. The van der Waals surface area contributed by atoms with Gasteiger partial charge in [-0.3, -0.25) is 9.97 Å². The van der Waals surface area contributed by atoms with Gasteiger partial charge in [-0.25, -0.2) is 0 Å². The van der Waals surface area contributed by atoms with Crippen molar-refractivity contribution in [3.05, 3.63) is 91.5 Å². The zero-order valence-electron chi connectivity index (χ0n) is 16.9. The number of para-hydroxylation sites is 1. The molecule has 0 aliphatic heterocycles. The molecule has 5 aromatic heterocycles. The van der Waals surface area contributed by atoms with Crippen LogP contribution in [0.4, 0.5) is 0 Å². The van der Waals surface area contributed by atoms with Crippen LogP contribution >= 0.6 is 0 Å². The summed E-state index contributed by atoms with van der Waals surface area (Å²) >= 11 is 0. The molecule has 0 fully saturated rings. The molecule has 0 spiro atoms. The van der Waals surface area contributed by atoms with Crippen LogP contribution in [0.1, 0.15) is 0 Å². The lowest BCUT2D eigenvalue weighted by Crippen LogP contribution is -1.81. The average molecular weight is 409 g/mol. The Bertz CT molecular complexity index is 1910. The van der Waals surface area contributed by atoms with Gasteiger partial charge in [0.25, 0.3) is 0 Å². The van der Waals surface area contributed by atoms with Crippen LogP contribution in [0, 0.1) is 0 Å². The number of nitrogens with zero attached hydrogens (tertiary/aromatic N) is 3. The van der Waals surface area contributed by atoms with Crippen molar-refractivity contribution in [1.82, 2.24) is 14.4 Å². The zero-order chi connectivity index (χ0) is 20.8. The Balaban J connectivity index is 1.52. The van der Waals surface area contributed by atoms with Gasteiger partial charge in [-0.15, -0.1) is 0 Å². The summed E-state index contributed by atoms with van der Waals surface area (Å²) in [5.41, 5.74) is 7.67. The summed E-state index contributed by atoms with van der Waals surface area (Å²) in [6, 6.07) is 23.5. The minimum Gasteiger partial charge on any atom is -0.456 e. The van der Waals surface area contributed by atoms with Gasteiger partial charge in [0.05, 0.1) is 28.9 Å². The van der Waals surface area contributed by atoms with Crippen LogP contribution in [0.25, 0.3) is 71.2 Å². The molecule has 0 atom stereocenters. The van der Waals surface area contributed by atoms with E-state index in [9.17, 15) is 0 Å². The fourth-order valence-corrected chi connectivity index (χ4v) is 5.31. The molecular weight excluding hydrogens is 394 g/mol. The van der Waals surface area contributed by atoms with E-state index in [-0.39, 0.29) is 0 Å². The van der Waals surface area contributed by atoms with E-state index in [1.807, 2.05) is 36.9 Å². The van der Waals surface area contributed by atoms with Gasteiger partial charge in [-0.2, -0.15) is 0 Å². The van der Waals surface area contributed by atoms with Gasteiger partial charge in [0, 0.05) is 44.7 Å². The van der Waals surface area contributed by atoms with Crippen molar-refractivity contribution in [2.24, 2.45) is 0 Å². The maximum atomic E-state index is 6.04. The third-order valence-corrected chi connectivity index (χ3v) is 6.71. The summed E-state index contributed by atoms with van der Waals surface area (Å²) in [7, 11) is 0. The summed E-state index contributed by atoms with van der Waals surface area (Å²) in [6.07, 6.45) is 7.64. The number of aromatic nitrogens is 3. The van der Waals surface area contributed by atoms with E-state index >= 15 is 0 Å². The highest BCUT2D eigenvalue weighted by atomic mass is 16.3. The second-order valence-electron chi connectivity index (χ2n) is 8.35. The Labute approximate surface area is 181 Å². The number of fused-ring (bicyclic) bond motifs is 9. The van der Waals surface area contributed by atoms with Gasteiger partial charge < -0.3 is 8.82 Å². The van der Waals surface area contributed by atoms with Crippen molar-refractivity contribution in [3.8, 4) is 11.1 Å². The topological polar surface area (TPSA) is 43.3 Å². The molecule has 0 aliphatic rings. The maximum Gasteiger partial charge on any atom is 0.135 e. The van der Waals surface area contributed by atoms with Crippen molar-refractivity contribution < 1.29 is 4.42 Å². The van der Waals surface area contributed by atoms with Gasteiger partial charge in [0.2, 0.25) is 0 Å². The molecule has 32 heavy (non-hydrogen) atoms. The van der Waals surface area contributed by atoms with Crippen LogP contribution in [0.2, 0.25) is 0 Å². The van der Waals surface area contributed by atoms with E-state index in [0.717, 1.165) is 33.0 Å². The molecule has 0 saturated carbocycles. The van der Waals surface area contributed by atoms with Crippen LogP contribution in [0.5, 0.6) is 0 Å².